The molecular weight excluding hydrogens is 275 g/mol. The lowest BCUT2D eigenvalue weighted by Crippen LogP contribution is -2.13. The molecule has 1 aromatic heterocycles. The van der Waals surface area contributed by atoms with E-state index < -0.39 is 4.92 Å². The fourth-order valence-electron chi connectivity index (χ4n) is 0.953. The minimum Gasteiger partial charge on any atom is -0.358 e. The van der Waals surface area contributed by atoms with Crippen molar-refractivity contribution in [3.63, 3.8) is 0 Å². The van der Waals surface area contributed by atoms with Gasteiger partial charge in [-0.3, -0.25) is 0 Å². The summed E-state index contributed by atoms with van der Waals surface area (Å²) in [6, 6.07) is 1.43. The zero-order valence-electron chi connectivity index (χ0n) is 7.22. The number of nitrogens with two attached hydrogens (primary N) is 1. The number of hydrogen-bond donors (Lipinski definition) is 1. The molecule has 0 fully saturated rings. The summed E-state index contributed by atoms with van der Waals surface area (Å²) in [5.74, 6) is -0.136. The van der Waals surface area contributed by atoms with E-state index in [0.717, 1.165) is 5.69 Å². The minimum absolute atomic E-state index is 0. The molecule has 1 heterocycles. The summed E-state index contributed by atoms with van der Waals surface area (Å²) in [7, 11) is 0. The van der Waals surface area contributed by atoms with E-state index >= 15 is 0 Å². The average molecular weight is 286 g/mol. The molecular formula is C6H10BrClN4O2. The Bertz CT molecular complexity index is 317. The summed E-state index contributed by atoms with van der Waals surface area (Å²) < 4.78 is 1.53. The normalized spacial score (nSPS) is 9.57. The first-order valence-corrected chi connectivity index (χ1v) is 4.78. The Morgan fingerprint density at radius 1 is 1.71 bits per heavy atom. The van der Waals surface area contributed by atoms with E-state index in [0.29, 0.717) is 18.4 Å². The molecule has 0 aliphatic heterocycles. The van der Waals surface area contributed by atoms with Crippen LogP contribution in [-0.4, -0.2) is 21.2 Å². The standard InChI is InChI=1S/C6H9BrN4O2.ClH/c7-4-5-3-6(11(12)13)9-10(5)2-1-8;/h3H,1-2,4,8H2;1H. The maximum atomic E-state index is 10.4. The summed E-state index contributed by atoms with van der Waals surface area (Å²) >= 11 is 3.22. The molecule has 0 spiro atoms. The molecule has 0 aliphatic carbocycles. The average Bonchev–Trinajstić information content (AvgIpc) is 2.48. The predicted octanol–water partition coefficient (Wildman–Crippen LogP) is 1.07. The number of rotatable bonds is 4. The number of nitro groups is 1. The Kier molecular flexibility index (Phi) is 5.66. The molecule has 8 heteroatoms. The lowest BCUT2D eigenvalue weighted by molar-refractivity contribution is -0.389. The number of nitrogens with zero attached hydrogens (tertiary/aromatic N) is 3. The molecule has 0 saturated heterocycles. The molecule has 0 radical (unpaired) electrons. The molecule has 0 atom stereocenters. The van der Waals surface area contributed by atoms with Crippen LogP contribution in [-0.2, 0) is 11.9 Å². The van der Waals surface area contributed by atoms with Gasteiger partial charge in [0.2, 0.25) is 0 Å². The van der Waals surface area contributed by atoms with Crippen LogP contribution in [0.1, 0.15) is 5.69 Å². The Morgan fingerprint density at radius 3 is 2.79 bits per heavy atom. The molecule has 1 aromatic rings. The lowest BCUT2D eigenvalue weighted by Gasteiger charge is -1.95. The Labute approximate surface area is 95.1 Å². The highest BCUT2D eigenvalue weighted by atomic mass is 79.9. The van der Waals surface area contributed by atoms with Crippen LogP contribution in [0.15, 0.2) is 6.07 Å². The molecule has 0 bridgehead atoms. The predicted molar refractivity (Wildman–Crippen MR) is 57.8 cm³/mol. The van der Waals surface area contributed by atoms with Crippen LogP contribution in [0.3, 0.4) is 0 Å². The van der Waals surface area contributed by atoms with E-state index in [9.17, 15) is 10.1 Å². The summed E-state index contributed by atoms with van der Waals surface area (Å²) in [4.78, 5) is 9.86. The SMILES string of the molecule is Cl.NCCn1nc([N+](=O)[O-])cc1CBr. The highest BCUT2D eigenvalue weighted by Gasteiger charge is 2.16. The van der Waals surface area contributed by atoms with Crippen molar-refractivity contribution in [3.05, 3.63) is 21.9 Å². The summed E-state index contributed by atoms with van der Waals surface area (Å²) in [5, 5.41) is 14.7. The lowest BCUT2D eigenvalue weighted by atomic mass is 10.4. The van der Waals surface area contributed by atoms with E-state index in [4.69, 9.17) is 5.73 Å². The first-order valence-electron chi connectivity index (χ1n) is 3.66. The quantitative estimate of drug-likeness (QED) is 0.509. The number of aromatic nitrogens is 2. The van der Waals surface area contributed by atoms with Crippen molar-refractivity contribution in [1.29, 1.82) is 0 Å². The van der Waals surface area contributed by atoms with Crippen molar-refractivity contribution in [3.8, 4) is 0 Å². The van der Waals surface area contributed by atoms with E-state index in [2.05, 4.69) is 21.0 Å². The van der Waals surface area contributed by atoms with Crippen LogP contribution in [0.25, 0.3) is 0 Å². The smallest absolute Gasteiger partial charge is 0.358 e. The van der Waals surface area contributed by atoms with Crippen LogP contribution in [0.4, 0.5) is 5.82 Å². The van der Waals surface area contributed by atoms with Gasteiger partial charge in [-0.15, -0.1) is 12.4 Å². The third-order valence-electron chi connectivity index (χ3n) is 1.52. The third kappa shape index (κ3) is 2.93. The second-order valence-electron chi connectivity index (χ2n) is 2.40. The Balaban J connectivity index is 0.00000169. The van der Waals surface area contributed by atoms with Crippen molar-refractivity contribution in [2.75, 3.05) is 6.54 Å². The van der Waals surface area contributed by atoms with E-state index in [1.54, 1.807) is 0 Å². The molecule has 0 unspecified atom stereocenters. The monoisotopic (exact) mass is 284 g/mol. The van der Waals surface area contributed by atoms with Gasteiger partial charge >= 0.3 is 5.82 Å². The second kappa shape index (κ2) is 5.94. The fourth-order valence-corrected chi connectivity index (χ4v) is 1.40. The second-order valence-corrected chi connectivity index (χ2v) is 2.96. The van der Waals surface area contributed by atoms with Gasteiger partial charge < -0.3 is 15.8 Å². The molecule has 2 N–H and O–H groups in total. The van der Waals surface area contributed by atoms with Crippen molar-refractivity contribution < 1.29 is 4.92 Å². The number of alkyl halides is 1. The molecule has 1 rings (SSSR count). The summed E-state index contributed by atoms with van der Waals surface area (Å²) in [6.07, 6.45) is 0. The van der Waals surface area contributed by atoms with Crippen LogP contribution in [0.5, 0.6) is 0 Å². The molecule has 0 amide bonds. The first-order chi connectivity index (χ1) is 6.19. The maximum Gasteiger partial charge on any atom is 0.390 e. The number of halogens is 2. The molecule has 0 aliphatic rings. The topological polar surface area (TPSA) is 87.0 Å². The zero-order chi connectivity index (χ0) is 9.84. The molecule has 6 nitrogen and oxygen atoms in total. The van der Waals surface area contributed by atoms with Gasteiger partial charge in [-0.1, -0.05) is 15.9 Å². The van der Waals surface area contributed by atoms with Crippen LogP contribution in [0, 0.1) is 10.1 Å². The highest BCUT2D eigenvalue weighted by molar-refractivity contribution is 9.08. The third-order valence-corrected chi connectivity index (χ3v) is 2.09. The van der Waals surface area contributed by atoms with E-state index in [1.807, 2.05) is 0 Å². The van der Waals surface area contributed by atoms with Crippen LogP contribution < -0.4 is 5.73 Å². The molecule has 80 valence electrons. The van der Waals surface area contributed by atoms with Gasteiger partial charge in [0, 0.05) is 11.9 Å². The maximum absolute atomic E-state index is 10.4. The van der Waals surface area contributed by atoms with Gasteiger partial charge in [0.25, 0.3) is 0 Å². The highest BCUT2D eigenvalue weighted by Crippen LogP contribution is 2.14. The van der Waals surface area contributed by atoms with Gasteiger partial charge in [-0.05, 0) is 4.92 Å². The first kappa shape index (κ1) is 13.3. The summed E-state index contributed by atoms with van der Waals surface area (Å²) in [6.45, 7) is 0.910. The largest absolute Gasteiger partial charge is 0.390 e. The van der Waals surface area contributed by atoms with Gasteiger partial charge in [-0.2, -0.15) is 4.68 Å². The molecule has 0 saturated carbocycles. The van der Waals surface area contributed by atoms with Gasteiger partial charge in [0.15, 0.2) is 0 Å². The van der Waals surface area contributed by atoms with Gasteiger partial charge in [0.1, 0.15) is 0 Å². The van der Waals surface area contributed by atoms with Crippen LogP contribution in [0.2, 0.25) is 0 Å². The van der Waals surface area contributed by atoms with Crippen molar-refractivity contribution >= 4 is 34.2 Å². The van der Waals surface area contributed by atoms with Crippen LogP contribution >= 0.6 is 28.3 Å². The fraction of sp³-hybridized carbons (Fsp3) is 0.500. The Hall–Kier alpha value is -0.660. The number of hydrogen-bond acceptors (Lipinski definition) is 4. The van der Waals surface area contributed by atoms with Gasteiger partial charge in [0.05, 0.1) is 23.4 Å². The summed E-state index contributed by atoms with van der Waals surface area (Å²) in [5.41, 5.74) is 6.08. The zero-order valence-corrected chi connectivity index (χ0v) is 9.62. The molecule has 0 aromatic carbocycles. The van der Waals surface area contributed by atoms with Crippen molar-refractivity contribution in [2.45, 2.75) is 11.9 Å². The molecule has 14 heavy (non-hydrogen) atoms. The van der Waals surface area contributed by atoms with E-state index in [1.165, 1.54) is 10.7 Å². The Morgan fingerprint density at radius 2 is 2.36 bits per heavy atom. The van der Waals surface area contributed by atoms with Crippen molar-refractivity contribution in [1.82, 2.24) is 9.78 Å². The van der Waals surface area contributed by atoms with E-state index in [-0.39, 0.29) is 18.2 Å². The van der Waals surface area contributed by atoms with Gasteiger partial charge in [-0.25, -0.2) is 0 Å². The minimum atomic E-state index is -0.515. The van der Waals surface area contributed by atoms with Crippen molar-refractivity contribution in [2.24, 2.45) is 5.73 Å².